The van der Waals surface area contributed by atoms with Gasteiger partial charge in [0.1, 0.15) is 7.11 Å². The lowest BCUT2D eigenvalue weighted by Crippen LogP contribution is -1.98. The number of esters is 1. The normalized spacial score (nSPS) is 9.81. The Morgan fingerprint density at radius 1 is 0.875 bits per heavy atom. The van der Waals surface area contributed by atoms with Crippen LogP contribution in [0.3, 0.4) is 0 Å². The summed E-state index contributed by atoms with van der Waals surface area (Å²) in [5, 5.41) is 0. The number of carbonyl (C=O) groups excluding carboxylic acids is 1. The second kappa shape index (κ2) is 4.62. The topological polar surface area (TPSA) is 26.3 Å². The third-order valence-electron chi connectivity index (χ3n) is 2.36. The first kappa shape index (κ1) is 10.4. The van der Waals surface area contributed by atoms with Gasteiger partial charge in [-0.2, -0.15) is 0 Å². The van der Waals surface area contributed by atoms with Gasteiger partial charge >= 0.3 is 5.97 Å². The first-order valence-electron chi connectivity index (χ1n) is 4.93. The SMILES string of the molecule is [CH2]OC(=O)c1ccc(-c2ccccc2)cc1. The van der Waals surface area contributed by atoms with Gasteiger partial charge in [0.25, 0.3) is 0 Å². The zero-order valence-corrected chi connectivity index (χ0v) is 8.72. The van der Waals surface area contributed by atoms with E-state index in [-0.39, 0.29) is 0 Å². The fourth-order valence-electron chi connectivity index (χ4n) is 1.51. The van der Waals surface area contributed by atoms with E-state index in [1.165, 1.54) is 0 Å². The molecule has 1 radical (unpaired) electrons. The Balaban J connectivity index is 2.30. The minimum Gasteiger partial charge on any atom is -0.458 e. The van der Waals surface area contributed by atoms with Crippen molar-refractivity contribution in [3.05, 3.63) is 67.3 Å². The van der Waals surface area contributed by atoms with Gasteiger partial charge in [-0.15, -0.1) is 0 Å². The summed E-state index contributed by atoms with van der Waals surface area (Å²) >= 11 is 0. The molecule has 2 heteroatoms. The van der Waals surface area contributed by atoms with Gasteiger partial charge in [0, 0.05) is 0 Å². The van der Waals surface area contributed by atoms with Gasteiger partial charge in [-0.05, 0) is 23.3 Å². The Bertz CT molecular complexity index is 472. The van der Waals surface area contributed by atoms with Crippen LogP contribution in [0.15, 0.2) is 54.6 Å². The van der Waals surface area contributed by atoms with E-state index in [0.717, 1.165) is 11.1 Å². The molecule has 0 atom stereocenters. The van der Waals surface area contributed by atoms with Crippen LogP contribution in [-0.4, -0.2) is 5.97 Å². The van der Waals surface area contributed by atoms with E-state index in [9.17, 15) is 4.79 Å². The lowest BCUT2D eigenvalue weighted by atomic mass is 10.0. The van der Waals surface area contributed by atoms with E-state index in [2.05, 4.69) is 11.8 Å². The standard InChI is InChI=1S/C14H11O2/c1-16-14(15)13-9-7-12(8-10-13)11-5-3-2-4-6-11/h2-10H,1H2. The van der Waals surface area contributed by atoms with Crippen molar-refractivity contribution >= 4 is 5.97 Å². The first-order valence-corrected chi connectivity index (χ1v) is 4.93. The average molecular weight is 211 g/mol. The van der Waals surface area contributed by atoms with Crippen molar-refractivity contribution in [3.8, 4) is 11.1 Å². The fraction of sp³-hybridized carbons (Fsp3) is 0. The Labute approximate surface area is 94.5 Å². The Hall–Kier alpha value is -2.09. The number of carbonyl (C=O) groups is 1. The largest absolute Gasteiger partial charge is 0.458 e. The lowest BCUT2D eigenvalue weighted by molar-refractivity contribution is 0.0654. The number of ether oxygens (including phenoxy) is 1. The van der Waals surface area contributed by atoms with Crippen LogP contribution in [0.5, 0.6) is 0 Å². The van der Waals surface area contributed by atoms with Crippen LogP contribution < -0.4 is 0 Å². The molecule has 79 valence electrons. The van der Waals surface area contributed by atoms with Crippen LogP contribution in [-0.2, 0) is 4.74 Å². The van der Waals surface area contributed by atoms with Gasteiger partial charge in [-0.25, -0.2) is 4.79 Å². The van der Waals surface area contributed by atoms with Crippen LogP contribution in [0.4, 0.5) is 0 Å². The summed E-state index contributed by atoms with van der Waals surface area (Å²) in [7, 11) is 3.09. The molecule has 2 rings (SSSR count). The van der Waals surface area contributed by atoms with E-state index in [4.69, 9.17) is 0 Å². The molecular weight excluding hydrogens is 200 g/mol. The lowest BCUT2D eigenvalue weighted by Gasteiger charge is -2.02. The molecule has 0 aliphatic heterocycles. The predicted octanol–water partition coefficient (Wildman–Crippen LogP) is 3.30. The summed E-state index contributed by atoms with van der Waals surface area (Å²) < 4.78 is 4.39. The molecule has 0 bridgehead atoms. The highest BCUT2D eigenvalue weighted by Gasteiger charge is 2.04. The van der Waals surface area contributed by atoms with E-state index in [1.807, 2.05) is 42.5 Å². The molecule has 0 amide bonds. The molecule has 0 saturated carbocycles. The van der Waals surface area contributed by atoms with Crippen molar-refractivity contribution in [1.29, 1.82) is 0 Å². The van der Waals surface area contributed by atoms with E-state index >= 15 is 0 Å². The molecule has 2 aromatic carbocycles. The molecule has 0 aliphatic carbocycles. The maximum absolute atomic E-state index is 11.2. The van der Waals surface area contributed by atoms with Gasteiger partial charge in [0.2, 0.25) is 0 Å². The maximum Gasteiger partial charge on any atom is 0.338 e. The molecule has 0 aliphatic rings. The van der Waals surface area contributed by atoms with E-state index in [1.54, 1.807) is 12.1 Å². The van der Waals surface area contributed by atoms with Crippen molar-refractivity contribution in [3.63, 3.8) is 0 Å². The van der Waals surface area contributed by atoms with Crippen molar-refractivity contribution in [2.24, 2.45) is 0 Å². The molecule has 0 fully saturated rings. The number of hydrogen-bond acceptors (Lipinski definition) is 2. The first-order chi connectivity index (χ1) is 7.81. The van der Waals surface area contributed by atoms with Gasteiger partial charge in [0.15, 0.2) is 0 Å². The zero-order valence-electron chi connectivity index (χ0n) is 8.72. The number of rotatable bonds is 2. The summed E-state index contributed by atoms with van der Waals surface area (Å²) in [6.45, 7) is 0. The molecule has 0 unspecified atom stereocenters. The third kappa shape index (κ3) is 2.11. The predicted molar refractivity (Wildman–Crippen MR) is 62.7 cm³/mol. The summed E-state index contributed by atoms with van der Waals surface area (Å²) in [5.74, 6) is -0.417. The quantitative estimate of drug-likeness (QED) is 0.712. The van der Waals surface area contributed by atoms with Crippen LogP contribution in [0.25, 0.3) is 11.1 Å². The molecule has 0 aromatic heterocycles. The maximum atomic E-state index is 11.2. The molecular formula is C14H11O2. The van der Waals surface area contributed by atoms with Crippen LogP contribution in [0.1, 0.15) is 10.4 Å². The minimum atomic E-state index is -0.417. The summed E-state index contributed by atoms with van der Waals surface area (Å²) in [6, 6.07) is 17.2. The van der Waals surface area contributed by atoms with Gasteiger partial charge < -0.3 is 4.74 Å². The highest BCUT2D eigenvalue weighted by molar-refractivity contribution is 5.90. The monoisotopic (exact) mass is 211 g/mol. The molecule has 2 nitrogen and oxygen atoms in total. The second-order valence-electron chi connectivity index (χ2n) is 3.38. The van der Waals surface area contributed by atoms with Gasteiger partial charge in [-0.1, -0.05) is 42.5 Å². The molecule has 16 heavy (non-hydrogen) atoms. The van der Waals surface area contributed by atoms with Gasteiger partial charge in [0.05, 0.1) is 5.56 Å². The van der Waals surface area contributed by atoms with Crippen LogP contribution in [0, 0.1) is 7.11 Å². The number of benzene rings is 2. The van der Waals surface area contributed by atoms with Crippen LogP contribution in [0.2, 0.25) is 0 Å². The molecule has 0 spiro atoms. The van der Waals surface area contributed by atoms with Crippen molar-refractivity contribution < 1.29 is 9.53 Å². The smallest absolute Gasteiger partial charge is 0.338 e. The average Bonchev–Trinajstić information content (AvgIpc) is 2.39. The minimum absolute atomic E-state index is 0.417. The highest BCUT2D eigenvalue weighted by Crippen LogP contribution is 2.19. The Kier molecular flexibility index (Phi) is 3.01. The zero-order chi connectivity index (χ0) is 11.4. The highest BCUT2D eigenvalue weighted by atomic mass is 16.5. The Morgan fingerprint density at radius 2 is 1.44 bits per heavy atom. The summed E-state index contributed by atoms with van der Waals surface area (Å²) in [6.07, 6.45) is 0. The molecule has 0 saturated heterocycles. The Morgan fingerprint density at radius 3 is 2.00 bits per heavy atom. The van der Waals surface area contributed by atoms with Crippen molar-refractivity contribution in [2.75, 3.05) is 0 Å². The summed E-state index contributed by atoms with van der Waals surface area (Å²) in [4.78, 5) is 11.2. The fourth-order valence-corrected chi connectivity index (χ4v) is 1.51. The molecule has 2 aromatic rings. The van der Waals surface area contributed by atoms with Crippen molar-refractivity contribution in [1.82, 2.24) is 0 Å². The van der Waals surface area contributed by atoms with Crippen LogP contribution >= 0.6 is 0 Å². The molecule has 0 N–H and O–H groups in total. The van der Waals surface area contributed by atoms with E-state index in [0.29, 0.717) is 5.56 Å². The van der Waals surface area contributed by atoms with Crippen molar-refractivity contribution in [2.45, 2.75) is 0 Å². The van der Waals surface area contributed by atoms with E-state index < -0.39 is 5.97 Å². The van der Waals surface area contributed by atoms with Gasteiger partial charge in [-0.3, -0.25) is 0 Å². The molecule has 0 heterocycles. The summed E-state index contributed by atoms with van der Waals surface area (Å²) in [5.41, 5.74) is 2.70. The number of hydrogen-bond donors (Lipinski definition) is 0. The second-order valence-corrected chi connectivity index (χ2v) is 3.38. The third-order valence-corrected chi connectivity index (χ3v) is 2.36.